The van der Waals surface area contributed by atoms with E-state index < -0.39 is 0 Å². The smallest absolute Gasteiger partial charge is 0.254 e. The normalized spacial score (nSPS) is 13.8. The van der Waals surface area contributed by atoms with Gasteiger partial charge in [0.25, 0.3) is 5.91 Å². The molecule has 5 nitrogen and oxygen atoms in total. The molecule has 1 saturated heterocycles. The molecule has 1 amide bonds. The highest BCUT2D eigenvalue weighted by molar-refractivity contribution is 6.07. The van der Waals surface area contributed by atoms with Crippen LogP contribution in [-0.4, -0.2) is 48.6 Å². The van der Waals surface area contributed by atoms with E-state index in [1.165, 1.54) is 6.07 Å². The fraction of sp³-hybridized carbons (Fsp3) is 0.214. The molecule has 0 aliphatic carbocycles. The Morgan fingerprint density at radius 1 is 0.941 bits per heavy atom. The van der Waals surface area contributed by atoms with Crippen molar-refractivity contribution in [2.24, 2.45) is 0 Å². The first-order valence-electron chi connectivity index (χ1n) is 11.6. The Balaban J connectivity index is 1.43. The molecule has 1 aliphatic rings. The Labute approximate surface area is 198 Å². The van der Waals surface area contributed by atoms with Crippen molar-refractivity contribution in [2.75, 3.05) is 37.7 Å². The summed E-state index contributed by atoms with van der Waals surface area (Å²) in [6.45, 7) is 5.17. The summed E-state index contributed by atoms with van der Waals surface area (Å²) in [7, 11) is 0. The number of hydrogen-bond acceptors (Lipinski definition) is 4. The molecule has 0 radical (unpaired) electrons. The van der Waals surface area contributed by atoms with Crippen LogP contribution in [0, 0.1) is 5.82 Å². The minimum Gasteiger partial charge on any atom is -0.492 e. The molecule has 1 fully saturated rings. The lowest BCUT2D eigenvalue weighted by atomic mass is 10.0. The van der Waals surface area contributed by atoms with Gasteiger partial charge in [0.1, 0.15) is 11.6 Å². The van der Waals surface area contributed by atoms with E-state index in [9.17, 15) is 9.18 Å². The van der Waals surface area contributed by atoms with E-state index in [0.29, 0.717) is 55.1 Å². The summed E-state index contributed by atoms with van der Waals surface area (Å²) >= 11 is 0. The van der Waals surface area contributed by atoms with E-state index >= 15 is 0 Å². The number of ether oxygens (including phenoxy) is 1. The SMILES string of the molecule is CCOc1ccccc1N1CCN(C(=O)c2cc(-c3ccccc3F)nc3ccccc23)CC1. The second-order valence-electron chi connectivity index (χ2n) is 8.23. The minimum absolute atomic E-state index is 0.0612. The van der Waals surface area contributed by atoms with Crippen LogP contribution >= 0.6 is 0 Å². The van der Waals surface area contributed by atoms with Crippen LogP contribution in [0.25, 0.3) is 22.2 Å². The number of benzene rings is 3. The predicted octanol–water partition coefficient (Wildman–Crippen LogP) is 5.40. The lowest BCUT2D eigenvalue weighted by Crippen LogP contribution is -2.49. The molecule has 0 bridgehead atoms. The quantitative estimate of drug-likeness (QED) is 0.404. The van der Waals surface area contributed by atoms with E-state index in [4.69, 9.17) is 4.74 Å². The van der Waals surface area contributed by atoms with Crippen LogP contribution in [0.15, 0.2) is 78.9 Å². The Morgan fingerprint density at radius 3 is 2.44 bits per heavy atom. The van der Waals surface area contributed by atoms with Crippen molar-refractivity contribution in [1.82, 2.24) is 9.88 Å². The monoisotopic (exact) mass is 455 g/mol. The van der Waals surface area contributed by atoms with Crippen molar-refractivity contribution >= 4 is 22.5 Å². The van der Waals surface area contributed by atoms with E-state index in [1.807, 2.05) is 54.3 Å². The Kier molecular flexibility index (Phi) is 6.12. The zero-order chi connectivity index (χ0) is 23.5. The number of halogens is 1. The Hall–Kier alpha value is -3.93. The summed E-state index contributed by atoms with van der Waals surface area (Å²) in [5, 5.41) is 0.775. The number of hydrogen-bond donors (Lipinski definition) is 0. The second kappa shape index (κ2) is 9.51. The molecule has 0 unspecified atom stereocenters. The number of para-hydroxylation sites is 3. The van der Waals surface area contributed by atoms with E-state index in [-0.39, 0.29) is 11.7 Å². The maximum absolute atomic E-state index is 14.5. The van der Waals surface area contributed by atoms with E-state index in [1.54, 1.807) is 24.3 Å². The number of carbonyl (C=O) groups is 1. The van der Waals surface area contributed by atoms with Gasteiger partial charge in [0, 0.05) is 37.1 Å². The Bertz CT molecular complexity index is 1330. The van der Waals surface area contributed by atoms with Crippen LogP contribution in [0.5, 0.6) is 5.75 Å². The van der Waals surface area contributed by atoms with Crippen molar-refractivity contribution in [3.8, 4) is 17.0 Å². The largest absolute Gasteiger partial charge is 0.492 e. The molecule has 1 aromatic heterocycles. The van der Waals surface area contributed by atoms with Crippen LogP contribution < -0.4 is 9.64 Å². The number of anilines is 1. The molecule has 172 valence electrons. The van der Waals surface area contributed by atoms with Gasteiger partial charge in [0.2, 0.25) is 0 Å². The van der Waals surface area contributed by atoms with Crippen LogP contribution in [-0.2, 0) is 0 Å². The lowest BCUT2D eigenvalue weighted by molar-refractivity contribution is 0.0748. The third-order valence-electron chi connectivity index (χ3n) is 6.17. The van der Waals surface area contributed by atoms with Gasteiger partial charge in [0.05, 0.1) is 29.1 Å². The number of piperazine rings is 1. The lowest BCUT2D eigenvalue weighted by Gasteiger charge is -2.37. The average molecular weight is 456 g/mol. The standard InChI is InChI=1S/C28H26FN3O2/c1-2-34-27-14-8-7-13-26(27)31-15-17-32(18-16-31)28(33)22-19-25(21-10-3-5-11-23(21)29)30-24-12-6-4-9-20(22)24/h3-14,19H,2,15-18H2,1H3. The molecule has 0 N–H and O–H groups in total. The number of aromatic nitrogens is 1. The van der Waals surface area contributed by atoms with Gasteiger partial charge >= 0.3 is 0 Å². The third kappa shape index (κ3) is 4.19. The van der Waals surface area contributed by atoms with Gasteiger partial charge in [-0.25, -0.2) is 9.37 Å². The van der Waals surface area contributed by atoms with Gasteiger partial charge in [-0.1, -0.05) is 42.5 Å². The second-order valence-corrected chi connectivity index (χ2v) is 8.23. The van der Waals surface area contributed by atoms with Gasteiger partial charge in [0.15, 0.2) is 0 Å². The van der Waals surface area contributed by atoms with Crippen LogP contribution in [0.2, 0.25) is 0 Å². The molecule has 1 aliphatic heterocycles. The van der Waals surface area contributed by atoms with Gasteiger partial charge < -0.3 is 14.5 Å². The number of nitrogens with zero attached hydrogens (tertiary/aromatic N) is 3. The van der Waals surface area contributed by atoms with Gasteiger partial charge in [-0.2, -0.15) is 0 Å². The maximum atomic E-state index is 14.5. The predicted molar refractivity (Wildman–Crippen MR) is 133 cm³/mol. The third-order valence-corrected chi connectivity index (χ3v) is 6.17. The molecule has 5 rings (SSSR count). The molecular formula is C28H26FN3O2. The zero-order valence-corrected chi connectivity index (χ0v) is 19.1. The molecule has 6 heteroatoms. The number of rotatable bonds is 5. The molecular weight excluding hydrogens is 429 g/mol. The van der Waals surface area contributed by atoms with Crippen molar-refractivity contribution in [3.63, 3.8) is 0 Å². The molecule has 3 aromatic carbocycles. The van der Waals surface area contributed by atoms with Crippen LogP contribution in [0.4, 0.5) is 10.1 Å². The molecule has 34 heavy (non-hydrogen) atoms. The Morgan fingerprint density at radius 2 is 1.65 bits per heavy atom. The summed E-state index contributed by atoms with van der Waals surface area (Å²) in [4.78, 5) is 22.4. The van der Waals surface area contributed by atoms with Gasteiger partial charge in [-0.15, -0.1) is 0 Å². The fourth-order valence-corrected chi connectivity index (χ4v) is 4.48. The van der Waals surface area contributed by atoms with Crippen LogP contribution in [0.3, 0.4) is 0 Å². The highest BCUT2D eigenvalue weighted by Crippen LogP contribution is 2.30. The molecule has 0 saturated carbocycles. The van der Waals surface area contributed by atoms with Crippen molar-refractivity contribution in [1.29, 1.82) is 0 Å². The number of fused-ring (bicyclic) bond motifs is 1. The molecule has 0 atom stereocenters. The molecule has 2 heterocycles. The molecule has 0 spiro atoms. The highest BCUT2D eigenvalue weighted by atomic mass is 19.1. The van der Waals surface area contributed by atoms with Crippen molar-refractivity contribution in [2.45, 2.75) is 6.92 Å². The first kappa shape index (κ1) is 21.9. The first-order valence-corrected chi connectivity index (χ1v) is 11.6. The summed E-state index contributed by atoms with van der Waals surface area (Å²) in [5.74, 6) is 0.443. The van der Waals surface area contributed by atoms with Crippen molar-refractivity contribution in [3.05, 3.63) is 90.2 Å². The topological polar surface area (TPSA) is 45.7 Å². The summed E-state index contributed by atoms with van der Waals surface area (Å²) < 4.78 is 20.3. The summed E-state index contributed by atoms with van der Waals surface area (Å²) in [6.07, 6.45) is 0. The number of amides is 1. The van der Waals surface area contributed by atoms with Crippen LogP contribution in [0.1, 0.15) is 17.3 Å². The van der Waals surface area contributed by atoms with Gasteiger partial charge in [-0.3, -0.25) is 4.79 Å². The minimum atomic E-state index is -0.356. The average Bonchev–Trinajstić information content (AvgIpc) is 2.88. The summed E-state index contributed by atoms with van der Waals surface area (Å²) in [5.41, 5.74) is 3.12. The van der Waals surface area contributed by atoms with Crippen molar-refractivity contribution < 1.29 is 13.9 Å². The molecule has 4 aromatic rings. The highest BCUT2D eigenvalue weighted by Gasteiger charge is 2.26. The zero-order valence-electron chi connectivity index (χ0n) is 19.1. The van der Waals surface area contributed by atoms with E-state index in [2.05, 4.69) is 16.0 Å². The first-order chi connectivity index (χ1) is 16.7. The summed E-state index contributed by atoms with van der Waals surface area (Å²) in [6, 6.07) is 23.8. The number of pyridine rings is 1. The maximum Gasteiger partial charge on any atom is 0.254 e. The van der Waals surface area contributed by atoms with Gasteiger partial charge in [-0.05, 0) is 43.3 Å². The number of carbonyl (C=O) groups excluding carboxylic acids is 1. The van der Waals surface area contributed by atoms with E-state index in [0.717, 1.165) is 16.8 Å². The fourth-order valence-electron chi connectivity index (χ4n) is 4.48.